The van der Waals surface area contributed by atoms with Crippen LogP contribution in [0.2, 0.25) is 0 Å². The Kier molecular flexibility index (Phi) is 3.59. The Hall–Kier alpha value is -2.38. The van der Waals surface area contributed by atoms with Crippen LogP contribution in [-0.2, 0) is 13.0 Å². The van der Waals surface area contributed by atoms with Gasteiger partial charge >= 0.3 is 0 Å². The van der Waals surface area contributed by atoms with Gasteiger partial charge in [-0.25, -0.2) is 0 Å². The second kappa shape index (κ2) is 5.55. The normalized spacial score (nSPS) is 14.2. The first-order chi connectivity index (χ1) is 10.1. The lowest BCUT2D eigenvalue weighted by Gasteiger charge is -2.17. The first-order valence-corrected chi connectivity index (χ1v) is 7.07. The fourth-order valence-electron chi connectivity index (χ4n) is 1.94. The highest BCUT2D eigenvalue weighted by molar-refractivity contribution is 5.53. The standard InChI is InChI=1S/C13H19N7O/c1-3-11-18-19-12(21-11)7-20(2)10-6-9(15-8-4-5-8)16-13(14)17-10/h6,8H,3-5,7H2,1-2H3,(H3,14,15,16,17). The van der Waals surface area contributed by atoms with Crippen LogP contribution in [0.3, 0.4) is 0 Å². The van der Waals surface area contributed by atoms with E-state index in [1.54, 1.807) is 0 Å². The van der Waals surface area contributed by atoms with Gasteiger partial charge in [0.25, 0.3) is 0 Å². The number of aromatic nitrogens is 4. The Morgan fingerprint density at radius 3 is 2.76 bits per heavy atom. The van der Waals surface area contributed by atoms with Crippen molar-refractivity contribution in [2.75, 3.05) is 23.0 Å². The molecule has 0 aromatic carbocycles. The molecule has 2 aromatic heterocycles. The van der Waals surface area contributed by atoms with Gasteiger partial charge in [0.05, 0.1) is 6.54 Å². The zero-order valence-electron chi connectivity index (χ0n) is 12.2. The summed E-state index contributed by atoms with van der Waals surface area (Å²) in [6.07, 6.45) is 3.08. The van der Waals surface area contributed by atoms with Gasteiger partial charge in [0.1, 0.15) is 11.6 Å². The molecule has 0 radical (unpaired) electrons. The van der Waals surface area contributed by atoms with Crippen molar-refractivity contribution in [1.82, 2.24) is 20.2 Å². The van der Waals surface area contributed by atoms with Crippen LogP contribution in [0.1, 0.15) is 31.5 Å². The van der Waals surface area contributed by atoms with Gasteiger partial charge in [-0.15, -0.1) is 10.2 Å². The Morgan fingerprint density at radius 2 is 2.10 bits per heavy atom. The van der Waals surface area contributed by atoms with E-state index in [1.165, 1.54) is 12.8 Å². The fourth-order valence-corrected chi connectivity index (χ4v) is 1.94. The van der Waals surface area contributed by atoms with Crippen LogP contribution in [0, 0.1) is 0 Å². The summed E-state index contributed by atoms with van der Waals surface area (Å²) < 4.78 is 5.51. The molecular formula is C13H19N7O. The maximum Gasteiger partial charge on any atom is 0.235 e. The lowest BCUT2D eigenvalue weighted by molar-refractivity contribution is 0.452. The Bertz CT molecular complexity index is 623. The van der Waals surface area contributed by atoms with E-state index in [2.05, 4.69) is 25.5 Å². The molecule has 8 nitrogen and oxygen atoms in total. The molecule has 0 aliphatic heterocycles. The molecule has 2 heterocycles. The zero-order valence-corrected chi connectivity index (χ0v) is 12.2. The number of anilines is 3. The molecule has 0 amide bonds. The number of rotatable bonds is 6. The van der Waals surface area contributed by atoms with Crippen molar-refractivity contribution < 1.29 is 4.42 Å². The molecule has 1 fully saturated rings. The Balaban J connectivity index is 1.73. The Labute approximate surface area is 122 Å². The van der Waals surface area contributed by atoms with E-state index >= 15 is 0 Å². The average Bonchev–Trinajstić information content (AvgIpc) is 3.14. The molecule has 0 saturated heterocycles. The monoisotopic (exact) mass is 289 g/mol. The first kappa shape index (κ1) is 13.6. The fraction of sp³-hybridized carbons (Fsp3) is 0.538. The largest absolute Gasteiger partial charge is 0.423 e. The highest BCUT2D eigenvalue weighted by Crippen LogP contribution is 2.25. The molecule has 1 aliphatic carbocycles. The predicted octanol–water partition coefficient (Wildman–Crippen LogP) is 1.21. The van der Waals surface area contributed by atoms with Crippen molar-refractivity contribution in [3.8, 4) is 0 Å². The molecule has 0 bridgehead atoms. The highest BCUT2D eigenvalue weighted by atomic mass is 16.4. The number of hydrogen-bond donors (Lipinski definition) is 2. The van der Waals surface area contributed by atoms with E-state index in [1.807, 2.05) is 24.9 Å². The van der Waals surface area contributed by atoms with E-state index in [-0.39, 0.29) is 5.95 Å². The molecule has 3 N–H and O–H groups in total. The summed E-state index contributed by atoms with van der Waals surface area (Å²) in [7, 11) is 1.90. The molecule has 1 aliphatic rings. The molecule has 8 heteroatoms. The molecule has 21 heavy (non-hydrogen) atoms. The number of nitrogens with one attached hydrogen (secondary N) is 1. The number of nitrogens with zero attached hydrogens (tertiary/aromatic N) is 5. The van der Waals surface area contributed by atoms with Crippen molar-refractivity contribution in [3.05, 3.63) is 17.8 Å². The van der Waals surface area contributed by atoms with Crippen molar-refractivity contribution in [3.63, 3.8) is 0 Å². The maximum absolute atomic E-state index is 5.77. The molecule has 112 valence electrons. The minimum Gasteiger partial charge on any atom is -0.423 e. The molecule has 0 atom stereocenters. The average molecular weight is 289 g/mol. The lowest BCUT2D eigenvalue weighted by Crippen LogP contribution is -2.19. The number of nitrogens with two attached hydrogens (primary N) is 1. The third-order valence-electron chi connectivity index (χ3n) is 3.23. The van der Waals surface area contributed by atoms with Gasteiger partial charge in [0.2, 0.25) is 17.7 Å². The van der Waals surface area contributed by atoms with Crippen LogP contribution in [0.4, 0.5) is 17.6 Å². The number of aryl methyl sites for hydroxylation is 1. The molecule has 3 rings (SSSR count). The van der Waals surface area contributed by atoms with E-state index in [4.69, 9.17) is 10.2 Å². The van der Waals surface area contributed by atoms with E-state index in [0.717, 1.165) is 18.1 Å². The quantitative estimate of drug-likeness (QED) is 0.817. The summed E-state index contributed by atoms with van der Waals surface area (Å²) in [5.41, 5.74) is 5.77. The minimum atomic E-state index is 0.252. The van der Waals surface area contributed by atoms with Crippen LogP contribution in [0.25, 0.3) is 0 Å². The summed E-state index contributed by atoms with van der Waals surface area (Å²) >= 11 is 0. The summed E-state index contributed by atoms with van der Waals surface area (Å²) in [6, 6.07) is 2.40. The van der Waals surface area contributed by atoms with Crippen LogP contribution in [0.15, 0.2) is 10.5 Å². The van der Waals surface area contributed by atoms with Gasteiger partial charge in [-0.05, 0) is 12.8 Å². The summed E-state index contributed by atoms with van der Waals surface area (Å²) in [4.78, 5) is 10.4. The van der Waals surface area contributed by atoms with E-state index in [0.29, 0.717) is 24.4 Å². The van der Waals surface area contributed by atoms with Gasteiger partial charge in [-0.2, -0.15) is 9.97 Å². The lowest BCUT2D eigenvalue weighted by atomic mass is 10.4. The van der Waals surface area contributed by atoms with Gasteiger partial charge in [0.15, 0.2) is 0 Å². The second-order valence-corrected chi connectivity index (χ2v) is 5.19. The van der Waals surface area contributed by atoms with Crippen LogP contribution in [0.5, 0.6) is 0 Å². The predicted molar refractivity (Wildman–Crippen MR) is 78.9 cm³/mol. The third kappa shape index (κ3) is 3.39. The number of nitrogen functional groups attached to an aromatic ring is 1. The molecule has 2 aromatic rings. The molecular weight excluding hydrogens is 270 g/mol. The van der Waals surface area contributed by atoms with Crippen molar-refractivity contribution >= 4 is 17.6 Å². The topological polar surface area (TPSA) is 106 Å². The molecule has 0 spiro atoms. The maximum atomic E-state index is 5.77. The number of hydrogen-bond acceptors (Lipinski definition) is 8. The zero-order chi connectivity index (χ0) is 14.8. The molecule has 0 unspecified atom stereocenters. The van der Waals surface area contributed by atoms with Gasteiger partial charge in [-0.1, -0.05) is 6.92 Å². The minimum absolute atomic E-state index is 0.252. The van der Waals surface area contributed by atoms with Crippen molar-refractivity contribution in [2.24, 2.45) is 0 Å². The van der Waals surface area contributed by atoms with Gasteiger partial charge in [-0.3, -0.25) is 0 Å². The van der Waals surface area contributed by atoms with Crippen molar-refractivity contribution in [1.29, 1.82) is 0 Å². The summed E-state index contributed by atoms with van der Waals surface area (Å²) in [6.45, 7) is 2.45. The third-order valence-corrected chi connectivity index (χ3v) is 3.23. The smallest absolute Gasteiger partial charge is 0.235 e. The van der Waals surface area contributed by atoms with E-state index in [9.17, 15) is 0 Å². The van der Waals surface area contributed by atoms with Gasteiger partial charge in [0, 0.05) is 25.6 Å². The Morgan fingerprint density at radius 1 is 1.33 bits per heavy atom. The van der Waals surface area contributed by atoms with Crippen LogP contribution in [-0.4, -0.2) is 33.3 Å². The molecule has 1 saturated carbocycles. The second-order valence-electron chi connectivity index (χ2n) is 5.19. The van der Waals surface area contributed by atoms with Crippen molar-refractivity contribution in [2.45, 2.75) is 38.8 Å². The SMILES string of the molecule is CCc1nnc(CN(C)c2cc(NC3CC3)nc(N)n2)o1. The summed E-state index contributed by atoms with van der Waals surface area (Å²) in [5, 5.41) is 11.3. The van der Waals surface area contributed by atoms with Gasteiger partial charge < -0.3 is 20.4 Å². The summed E-state index contributed by atoms with van der Waals surface area (Å²) in [5.74, 6) is 2.93. The first-order valence-electron chi connectivity index (χ1n) is 7.07. The van der Waals surface area contributed by atoms with E-state index < -0.39 is 0 Å². The highest BCUT2D eigenvalue weighted by Gasteiger charge is 2.22. The van der Waals surface area contributed by atoms with Crippen LogP contribution < -0.4 is 16.0 Å². The van der Waals surface area contributed by atoms with Crippen LogP contribution >= 0.6 is 0 Å².